The van der Waals surface area contributed by atoms with E-state index in [1.54, 1.807) is 6.07 Å². The fourth-order valence-corrected chi connectivity index (χ4v) is 3.87. The van der Waals surface area contributed by atoms with Crippen LogP contribution in [0.25, 0.3) is 0 Å². The number of aryl methyl sites for hydroxylation is 2. The van der Waals surface area contributed by atoms with Crippen molar-refractivity contribution in [3.63, 3.8) is 0 Å². The minimum atomic E-state index is -0.431. The Morgan fingerprint density at radius 3 is 2.59 bits per heavy atom. The topological polar surface area (TPSA) is 76.6 Å². The van der Waals surface area contributed by atoms with Crippen LogP contribution in [0.1, 0.15) is 41.0 Å². The molecule has 0 radical (unpaired) electrons. The Labute approximate surface area is 171 Å². The number of nitrogens with one attached hydrogen (secondary N) is 1. The SMILES string of the molecule is Cc1cc(C(=O)NCCCc2ccccc2)nc(N2CCC3(CC2)OCCO3)n1. The van der Waals surface area contributed by atoms with Gasteiger partial charge in [-0.15, -0.1) is 0 Å². The minimum absolute atomic E-state index is 0.152. The number of amides is 1. The standard InChI is InChI=1S/C22H28N4O3/c1-17-16-19(20(27)23-11-5-8-18-6-3-2-4-7-18)25-21(24-17)26-12-9-22(10-13-26)28-14-15-29-22/h2-4,6-7,16H,5,8-15H2,1H3,(H,23,27). The van der Waals surface area contributed by atoms with Crippen LogP contribution < -0.4 is 10.2 Å². The second-order valence-electron chi connectivity index (χ2n) is 7.63. The van der Waals surface area contributed by atoms with Crippen LogP contribution in [0.4, 0.5) is 5.95 Å². The summed E-state index contributed by atoms with van der Waals surface area (Å²) in [7, 11) is 0. The predicted molar refractivity (Wildman–Crippen MR) is 110 cm³/mol. The molecule has 0 atom stereocenters. The van der Waals surface area contributed by atoms with Crippen molar-refractivity contribution in [2.24, 2.45) is 0 Å². The molecule has 154 valence electrons. The highest BCUT2D eigenvalue weighted by Crippen LogP contribution is 2.32. The second-order valence-corrected chi connectivity index (χ2v) is 7.63. The lowest BCUT2D eigenvalue weighted by Crippen LogP contribution is -2.46. The number of carbonyl (C=O) groups excluding carboxylic acids is 1. The quantitative estimate of drug-likeness (QED) is 0.756. The van der Waals surface area contributed by atoms with Crippen LogP contribution in [-0.2, 0) is 15.9 Å². The summed E-state index contributed by atoms with van der Waals surface area (Å²) in [6.07, 6.45) is 3.40. The maximum Gasteiger partial charge on any atom is 0.270 e. The average molecular weight is 396 g/mol. The van der Waals surface area contributed by atoms with E-state index < -0.39 is 5.79 Å². The summed E-state index contributed by atoms with van der Waals surface area (Å²) in [4.78, 5) is 23.8. The molecule has 0 saturated carbocycles. The fourth-order valence-electron chi connectivity index (χ4n) is 3.87. The number of anilines is 1. The van der Waals surface area contributed by atoms with Gasteiger partial charge in [0.05, 0.1) is 13.2 Å². The van der Waals surface area contributed by atoms with E-state index in [0.29, 0.717) is 31.4 Å². The van der Waals surface area contributed by atoms with Crippen molar-refractivity contribution in [2.45, 2.75) is 38.4 Å². The first-order valence-corrected chi connectivity index (χ1v) is 10.3. The number of nitrogens with zero attached hydrogens (tertiary/aromatic N) is 3. The van der Waals surface area contributed by atoms with Gasteiger partial charge in [-0.05, 0) is 31.4 Å². The number of piperidine rings is 1. The van der Waals surface area contributed by atoms with E-state index in [1.165, 1.54) is 5.56 Å². The molecule has 2 aliphatic rings. The van der Waals surface area contributed by atoms with Gasteiger partial charge in [-0.1, -0.05) is 30.3 Å². The van der Waals surface area contributed by atoms with Gasteiger partial charge in [0.1, 0.15) is 5.69 Å². The van der Waals surface area contributed by atoms with Crippen molar-refractivity contribution >= 4 is 11.9 Å². The lowest BCUT2D eigenvalue weighted by molar-refractivity contribution is -0.169. The number of hydrogen-bond donors (Lipinski definition) is 1. The first kappa shape index (κ1) is 19.8. The van der Waals surface area contributed by atoms with Crippen molar-refractivity contribution in [2.75, 3.05) is 37.7 Å². The lowest BCUT2D eigenvalue weighted by Gasteiger charge is -2.37. The molecule has 4 rings (SSSR count). The number of ether oxygens (including phenoxy) is 2. The third-order valence-electron chi connectivity index (χ3n) is 5.47. The predicted octanol–water partition coefficient (Wildman–Crippen LogP) is 2.49. The summed E-state index contributed by atoms with van der Waals surface area (Å²) < 4.78 is 11.6. The van der Waals surface area contributed by atoms with Crippen LogP contribution in [-0.4, -0.2) is 54.5 Å². The lowest BCUT2D eigenvalue weighted by atomic mass is 10.0. The summed E-state index contributed by atoms with van der Waals surface area (Å²) in [6.45, 7) is 5.34. The van der Waals surface area contributed by atoms with Gasteiger partial charge in [-0.2, -0.15) is 0 Å². The first-order valence-electron chi connectivity index (χ1n) is 10.3. The molecule has 2 saturated heterocycles. The van der Waals surface area contributed by atoms with Gasteiger partial charge in [0, 0.05) is 38.2 Å². The molecule has 2 fully saturated rings. The Morgan fingerprint density at radius 1 is 1.14 bits per heavy atom. The average Bonchev–Trinajstić information content (AvgIpc) is 3.20. The van der Waals surface area contributed by atoms with Gasteiger partial charge >= 0.3 is 0 Å². The Balaban J connectivity index is 1.32. The van der Waals surface area contributed by atoms with Gasteiger partial charge in [0.15, 0.2) is 5.79 Å². The van der Waals surface area contributed by atoms with E-state index in [-0.39, 0.29) is 5.91 Å². The molecule has 7 heteroatoms. The van der Waals surface area contributed by atoms with E-state index >= 15 is 0 Å². The maximum atomic E-state index is 12.6. The third-order valence-corrected chi connectivity index (χ3v) is 5.47. The van der Waals surface area contributed by atoms with Gasteiger partial charge in [-0.25, -0.2) is 9.97 Å². The summed E-state index contributed by atoms with van der Waals surface area (Å²) >= 11 is 0. The molecule has 2 aromatic rings. The first-order chi connectivity index (χ1) is 14.1. The Bertz CT molecular complexity index is 827. The van der Waals surface area contributed by atoms with Crippen LogP contribution in [0.15, 0.2) is 36.4 Å². The van der Waals surface area contributed by atoms with Crippen molar-refractivity contribution in [3.05, 3.63) is 53.3 Å². The van der Waals surface area contributed by atoms with E-state index in [9.17, 15) is 4.79 Å². The van der Waals surface area contributed by atoms with Crippen molar-refractivity contribution < 1.29 is 14.3 Å². The minimum Gasteiger partial charge on any atom is -0.351 e. The van der Waals surface area contributed by atoms with Crippen LogP contribution >= 0.6 is 0 Å². The number of aromatic nitrogens is 2. The van der Waals surface area contributed by atoms with E-state index in [0.717, 1.165) is 44.5 Å². The summed E-state index contributed by atoms with van der Waals surface area (Å²) in [5.74, 6) is 0.0206. The molecule has 0 aliphatic carbocycles. The van der Waals surface area contributed by atoms with Crippen molar-refractivity contribution in [1.29, 1.82) is 0 Å². The number of carbonyl (C=O) groups is 1. The summed E-state index contributed by atoms with van der Waals surface area (Å²) in [5, 5.41) is 2.98. The normalized spacial score (nSPS) is 18.2. The van der Waals surface area contributed by atoms with Crippen LogP contribution in [0, 0.1) is 6.92 Å². The molecule has 1 N–H and O–H groups in total. The zero-order chi connectivity index (χ0) is 20.1. The van der Waals surface area contributed by atoms with E-state index in [1.807, 2.05) is 25.1 Å². The largest absolute Gasteiger partial charge is 0.351 e. The number of hydrogen-bond acceptors (Lipinski definition) is 6. The molecule has 29 heavy (non-hydrogen) atoms. The second kappa shape index (κ2) is 8.88. The number of benzene rings is 1. The molecule has 1 aromatic heterocycles. The molecule has 7 nitrogen and oxygen atoms in total. The van der Waals surface area contributed by atoms with Crippen LogP contribution in [0.3, 0.4) is 0 Å². The molecule has 2 aliphatic heterocycles. The summed E-state index contributed by atoms with van der Waals surface area (Å²) in [6, 6.07) is 12.0. The number of rotatable bonds is 6. The summed E-state index contributed by atoms with van der Waals surface area (Å²) in [5.41, 5.74) is 2.49. The fraction of sp³-hybridized carbons (Fsp3) is 0.500. The van der Waals surface area contributed by atoms with E-state index in [2.05, 4.69) is 32.3 Å². The van der Waals surface area contributed by atoms with Crippen LogP contribution in [0.2, 0.25) is 0 Å². The Hall–Kier alpha value is -2.51. The molecular formula is C22H28N4O3. The Kier molecular flexibility index (Phi) is 6.06. The van der Waals surface area contributed by atoms with Gasteiger partial charge < -0.3 is 19.7 Å². The zero-order valence-corrected chi connectivity index (χ0v) is 16.9. The van der Waals surface area contributed by atoms with Crippen LogP contribution in [0.5, 0.6) is 0 Å². The molecule has 0 bridgehead atoms. The van der Waals surface area contributed by atoms with Crippen molar-refractivity contribution in [1.82, 2.24) is 15.3 Å². The molecule has 0 unspecified atom stereocenters. The highest BCUT2D eigenvalue weighted by atomic mass is 16.7. The highest BCUT2D eigenvalue weighted by molar-refractivity contribution is 5.92. The Morgan fingerprint density at radius 2 is 1.86 bits per heavy atom. The molecular weight excluding hydrogens is 368 g/mol. The van der Waals surface area contributed by atoms with Gasteiger partial charge in [-0.3, -0.25) is 4.79 Å². The highest BCUT2D eigenvalue weighted by Gasteiger charge is 2.40. The monoisotopic (exact) mass is 396 g/mol. The van der Waals surface area contributed by atoms with E-state index in [4.69, 9.17) is 9.47 Å². The zero-order valence-electron chi connectivity index (χ0n) is 16.9. The maximum absolute atomic E-state index is 12.6. The molecule has 3 heterocycles. The smallest absolute Gasteiger partial charge is 0.270 e. The molecule has 1 spiro atoms. The molecule has 1 amide bonds. The molecule has 1 aromatic carbocycles. The van der Waals surface area contributed by atoms with Gasteiger partial charge in [0.2, 0.25) is 5.95 Å². The van der Waals surface area contributed by atoms with Gasteiger partial charge in [0.25, 0.3) is 5.91 Å². The third kappa shape index (κ3) is 4.92. The van der Waals surface area contributed by atoms with Crippen molar-refractivity contribution in [3.8, 4) is 0 Å².